The lowest BCUT2D eigenvalue weighted by Gasteiger charge is -2.06. The van der Waals surface area contributed by atoms with E-state index in [-0.39, 0.29) is 6.04 Å². The van der Waals surface area contributed by atoms with Crippen molar-refractivity contribution in [3.8, 4) is 0 Å². The summed E-state index contributed by atoms with van der Waals surface area (Å²) in [5.41, 5.74) is 5.73. The van der Waals surface area contributed by atoms with E-state index in [1.165, 1.54) is 0 Å². The lowest BCUT2D eigenvalue weighted by molar-refractivity contribution is 0.191. The summed E-state index contributed by atoms with van der Waals surface area (Å²) in [6, 6.07) is -0.112. The first kappa shape index (κ1) is 12.1. The third kappa shape index (κ3) is 3.93. The second-order valence-corrected chi connectivity index (χ2v) is 3.60. The number of nitrogens with zero attached hydrogens (tertiary/aromatic N) is 4. The lowest BCUT2D eigenvalue weighted by atomic mass is 10.2. The maximum atomic E-state index is 5.73. The zero-order valence-corrected chi connectivity index (χ0v) is 9.39. The molecule has 0 aliphatic rings. The molecule has 0 saturated carbocycles. The number of hydrogen-bond donors (Lipinski definition) is 1. The number of rotatable bonds is 7. The van der Waals surface area contributed by atoms with Gasteiger partial charge in [-0.05, 0) is 36.6 Å². The smallest absolute Gasteiger partial charge is 0.167 e. The number of aromatic nitrogens is 4. The Kier molecular flexibility index (Phi) is 5.20. The molecule has 1 atom stereocenters. The number of methoxy groups -OCH3 is 1. The molecule has 0 radical (unpaired) electrons. The van der Waals surface area contributed by atoms with E-state index in [4.69, 9.17) is 10.5 Å². The molecular weight excluding hydrogens is 194 g/mol. The molecule has 0 bridgehead atoms. The van der Waals surface area contributed by atoms with Gasteiger partial charge >= 0.3 is 0 Å². The maximum absolute atomic E-state index is 5.73. The quantitative estimate of drug-likeness (QED) is 0.668. The SMILES string of the molecule is COCCCCCn1nnnc1C(C)N. The van der Waals surface area contributed by atoms with Gasteiger partial charge in [0.05, 0.1) is 6.04 Å². The van der Waals surface area contributed by atoms with E-state index in [0.717, 1.165) is 38.2 Å². The molecule has 0 fully saturated rings. The summed E-state index contributed by atoms with van der Waals surface area (Å²) < 4.78 is 6.75. The first-order valence-corrected chi connectivity index (χ1v) is 5.26. The van der Waals surface area contributed by atoms with Gasteiger partial charge in [-0.1, -0.05) is 0 Å². The zero-order chi connectivity index (χ0) is 11.1. The molecule has 6 nitrogen and oxygen atoms in total. The fraction of sp³-hybridized carbons (Fsp3) is 0.889. The van der Waals surface area contributed by atoms with E-state index >= 15 is 0 Å². The molecule has 6 heteroatoms. The van der Waals surface area contributed by atoms with Gasteiger partial charge in [-0.15, -0.1) is 5.10 Å². The molecule has 15 heavy (non-hydrogen) atoms. The van der Waals surface area contributed by atoms with Gasteiger partial charge in [0.1, 0.15) is 0 Å². The first-order valence-electron chi connectivity index (χ1n) is 5.26. The van der Waals surface area contributed by atoms with Gasteiger partial charge in [-0.3, -0.25) is 0 Å². The van der Waals surface area contributed by atoms with Gasteiger partial charge in [0.25, 0.3) is 0 Å². The van der Waals surface area contributed by atoms with Crippen LogP contribution in [0.1, 0.15) is 38.1 Å². The maximum Gasteiger partial charge on any atom is 0.167 e. The van der Waals surface area contributed by atoms with E-state index in [2.05, 4.69) is 15.5 Å². The van der Waals surface area contributed by atoms with E-state index in [1.54, 1.807) is 11.8 Å². The Morgan fingerprint density at radius 2 is 2.20 bits per heavy atom. The molecular formula is C9H19N5O. The number of tetrazole rings is 1. The summed E-state index contributed by atoms with van der Waals surface area (Å²) in [4.78, 5) is 0. The molecule has 0 aromatic carbocycles. The van der Waals surface area contributed by atoms with Gasteiger partial charge in [0.15, 0.2) is 5.82 Å². The minimum Gasteiger partial charge on any atom is -0.385 e. The van der Waals surface area contributed by atoms with Gasteiger partial charge in [0, 0.05) is 20.3 Å². The monoisotopic (exact) mass is 213 g/mol. The van der Waals surface area contributed by atoms with Crippen molar-refractivity contribution in [2.75, 3.05) is 13.7 Å². The summed E-state index contributed by atoms with van der Waals surface area (Å²) in [5, 5.41) is 11.4. The highest BCUT2D eigenvalue weighted by molar-refractivity contribution is 4.86. The van der Waals surface area contributed by atoms with Crippen molar-refractivity contribution in [1.82, 2.24) is 20.2 Å². The van der Waals surface area contributed by atoms with Crippen LogP contribution in [0, 0.1) is 0 Å². The van der Waals surface area contributed by atoms with Crippen molar-refractivity contribution >= 4 is 0 Å². The number of ether oxygens (including phenoxy) is 1. The second kappa shape index (κ2) is 6.47. The van der Waals surface area contributed by atoms with Crippen LogP contribution in [0.3, 0.4) is 0 Å². The number of unbranched alkanes of at least 4 members (excludes halogenated alkanes) is 2. The Morgan fingerprint density at radius 1 is 1.40 bits per heavy atom. The summed E-state index contributed by atoms with van der Waals surface area (Å²) in [7, 11) is 1.72. The molecule has 1 aromatic heterocycles. The number of hydrogen-bond acceptors (Lipinski definition) is 5. The second-order valence-electron chi connectivity index (χ2n) is 3.60. The third-order valence-corrected chi connectivity index (χ3v) is 2.19. The molecule has 0 spiro atoms. The van der Waals surface area contributed by atoms with Crippen LogP contribution in [0.15, 0.2) is 0 Å². The molecule has 1 rings (SSSR count). The summed E-state index contributed by atoms with van der Waals surface area (Å²) in [6.07, 6.45) is 3.24. The van der Waals surface area contributed by atoms with Crippen molar-refractivity contribution < 1.29 is 4.74 Å². The van der Waals surface area contributed by atoms with Crippen molar-refractivity contribution in [1.29, 1.82) is 0 Å². The van der Waals surface area contributed by atoms with Crippen LogP contribution in [0.5, 0.6) is 0 Å². The standard InChI is InChI=1S/C9H19N5O/c1-8(10)9-11-12-13-14(9)6-4-3-5-7-15-2/h8H,3-7,10H2,1-2H3. The molecule has 0 saturated heterocycles. The summed E-state index contributed by atoms with van der Waals surface area (Å²) in [5.74, 6) is 0.752. The fourth-order valence-corrected chi connectivity index (χ4v) is 1.38. The molecule has 86 valence electrons. The predicted molar refractivity (Wildman–Crippen MR) is 56.1 cm³/mol. The van der Waals surface area contributed by atoms with E-state index in [1.807, 2.05) is 6.92 Å². The Bertz CT molecular complexity index is 273. The van der Waals surface area contributed by atoms with Crippen LogP contribution in [-0.2, 0) is 11.3 Å². The van der Waals surface area contributed by atoms with Crippen LogP contribution in [0.4, 0.5) is 0 Å². The third-order valence-electron chi connectivity index (χ3n) is 2.19. The number of aryl methyl sites for hydroxylation is 1. The van der Waals surface area contributed by atoms with Crippen molar-refractivity contribution in [2.24, 2.45) is 5.73 Å². The average Bonchev–Trinajstić information content (AvgIpc) is 2.66. The van der Waals surface area contributed by atoms with Gasteiger partial charge in [-0.2, -0.15) is 0 Å². The highest BCUT2D eigenvalue weighted by Crippen LogP contribution is 2.05. The molecule has 1 heterocycles. The van der Waals surface area contributed by atoms with Crippen LogP contribution in [-0.4, -0.2) is 33.9 Å². The molecule has 0 amide bonds. The van der Waals surface area contributed by atoms with Gasteiger partial charge < -0.3 is 10.5 Å². The summed E-state index contributed by atoms with van der Waals surface area (Å²) >= 11 is 0. The largest absolute Gasteiger partial charge is 0.385 e. The highest BCUT2D eigenvalue weighted by atomic mass is 16.5. The molecule has 1 unspecified atom stereocenters. The molecule has 0 aliphatic heterocycles. The van der Waals surface area contributed by atoms with Gasteiger partial charge in [-0.25, -0.2) is 4.68 Å². The first-order chi connectivity index (χ1) is 7.25. The molecule has 2 N–H and O–H groups in total. The van der Waals surface area contributed by atoms with Crippen LogP contribution >= 0.6 is 0 Å². The van der Waals surface area contributed by atoms with E-state index in [0.29, 0.717) is 0 Å². The minimum absolute atomic E-state index is 0.112. The molecule has 1 aromatic rings. The zero-order valence-electron chi connectivity index (χ0n) is 9.39. The lowest BCUT2D eigenvalue weighted by Crippen LogP contribution is -2.14. The minimum atomic E-state index is -0.112. The molecule has 0 aliphatic carbocycles. The van der Waals surface area contributed by atoms with Crippen LogP contribution in [0.25, 0.3) is 0 Å². The fourth-order valence-electron chi connectivity index (χ4n) is 1.38. The number of nitrogens with two attached hydrogens (primary N) is 1. The predicted octanol–water partition coefficient (Wildman–Crippen LogP) is 0.509. The van der Waals surface area contributed by atoms with Crippen LogP contribution < -0.4 is 5.73 Å². The van der Waals surface area contributed by atoms with E-state index < -0.39 is 0 Å². The normalized spacial score (nSPS) is 13.0. The topological polar surface area (TPSA) is 78.8 Å². The van der Waals surface area contributed by atoms with E-state index in [9.17, 15) is 0 Å². The van der Waals surface area contributed by atoms with Crippen molar-refractivity contribution in [3.05, 3.63) is 5.82 Å². The van der Waals surface area contributed by atoms with Crippen molar-refractivity contribution in [2.45, 2.75) is 38.8 Å². The van der Waals surface area contributed by atoms with Gasteiger partial charge in [0.2, 0.25) is 0 Å². The van der Waals surface area contributed by atoms with Crippen LogP contribution in [0.2, 0.25) is 0 Å². The Morgan fingerprint density at radius 3 is 2.87 bits per heavy atom. The summed E-state index contributed by atoms with van der Waals surface area (Å²) in [6.45, 7) is 3.52. The average molecular weight is 213 g/mol. The highest BCUT2D eigenvalue weighted by Gasteiger charge is 2.09. The Labute approximate surface area is 89.8 Å². The Hall–Kier alpha value is -1.01. The van der Waals surface area contributed by atoms with Crippen molar-refractivity contribution in [3.63, 3.8) is 0 Å². The Balaban J connectivity index is 2.28.